The largest absolute Gasteiger partial charge is 0.462 e. The first-order valence-corrected chi connectivity index (χ1v) is 25.1. The van der Waals surface area contributed by atoms with Gasteiger partial charge in [0, 0.05) is 12.8 Å². The summed E-state index contributed by atoms with van der Waals surface area (Å²) in [5.41, 5.74) is 0. The minimum atomic E-state index is -1.76. The van der Waals surface area contributed by atoms with Crippen LogP contribution in [-0.2, 0) is 38.0 Å². The quantitative estimate of drug-likeness (QED) is 0.0198. The van der Waals surface area contributed by atoms with Gasteiger partial charge in [0.15, 0.2) is 18.7 Å². The molecule has 0 amide bonds. The minimum Gasteiger partial charge on any atom is -0.462 e. The van der Waals surface area contributed by atoms with Gasteiger partial charge in [0.05, 0.1) is 19.8 Å². The van der Waals surface area contributed by atoms with E-state index in [9.17, 15) is 45.3 Å². The van der Waals surface area contributed by atoms with Gasteiger partial charge < -0.3 is 64.2 Å². The fraction of sp³-hybridized carbons (Fsp3) is 0.840. The smallest absolute Gasteiger partial charge is 0.306 e. The Bertz CT molecular complexity index is 1280. The summed E-state index contributed by atoms with van der Waals surface area (Å²) in [6.45, 7) is 2.46. The lowest BCUT2D eigenvalue weighted by molar-refractivity contribution is -0.332. The van der Waals surface area contributed by atoms with Gasteiger partial charge >= 0.3 is 11.9 Å². The zero-order valence-electron chi connectivity index (χ0n) is 39.7. The van der Waals surface area contributed by atoms with Gasteiger partial charge in [-0.2, -0.15) is 0 Å². The summed E-state index contributed by atoms with van der Waals surface area (Å²) in [6, 6.07) is 0. The monoisotopic (exact) mass is 929 g/mol. The highest BCUT2D eigenvalue weighted by molar-refractivity contribution is 5.70. The maximum absolute atomic E-state index is 13.0. The number of aliphatic hydroxyl groups excluding tert-OH is 7. The van der Waals surface area contributed by atoms with Crippen molar-refractivity contribution in [3.63, 3.8) is 0 Å². The molecule has 0 bridgehead atoms. The van der Waals surface area contributed by atoms with Crippen molar-refractivity contribution in [2.45, 2.75) is 242 Å². The third-order valence-corrected chi connectivity index (χ3v) is 11.9. The SMILES string of the molecule is CC/C=C\C/C=C\C/C=C\CCCCCCCCCC(=O)OC(COC(=O)CCCCCCCCCCCCCC)COC1OC(COC2OC(CO)C(O)C(O)C2O)C(O)C(O)C1O. The molecule has 15 nitrogen and oxygen atoms in total. The van der Waals surface area contributed by atoms with E-state index in [-0.39, 0.29) is 26.1 Å². The topological polar surface area (TPSA) is 231 Å². The molecule has 0 saturated carbocycles. The third kappa shape index (κ3) is 26.2. The molecule has 2 fully saturated rings. The molecule has 2 rings (SSSR count). The van der Waals surface area contributed by atoms with Crippen molar-refractivity contribution < 1.29 is 73.8 Å². The average molecular weight is 929 g/mol. The lowest BCUT2D eigenvalue weighted by Gasteiger charge is -2.42. The molecular weight excluding hydrogens is 841 g/mol. The number of carbonyl (C=O) groups excluding carboxylic acids is 2. The molecule has 0 aromatic carbocycles. The van der Waals surface area contributed by atoms with Gasteiger partial charge in [-0.15, -0.1) is 0 Å². The van der Waals surface area contributed by atoms with Crippen molar-refractivity contribution in [1.29, 1.82) is 0 Å². The predicted octanol–water partition coefficient (Wildman–Crippen LogP) is 6.54. The molecule has 0 aromatic rings. The Balaban J connectivity index is 1.82. The van der Waals surface area contributed by atoms with Crippen molar-refractivity contribution in [3.8, 4) is 0 Å². The van der Waals surface area contributed by atoms with E-state index in [1.54, 1.807) is 0 Å². The van der Waals surface area contributed by atoms with Gasteiger partial charge in [-0.05, 0) is 44.9 Å². The molecule has 7 N–H and O–H groups in total. The highest BCUT2D eigenvalue weighted by Gasteiger charge is 2.47. The molecule has 2 aliphatic heterocycles. The number of aliphatic hydroxyl groups is 7. The van der Waals surface area contributed by atoms with Crippen LogP contribution in [0, 0.1) is 0 Å². The van der Waals surface area contributed by atoms with E-state index in [0.29, 0.717) is 12.8 Å². The maximum atomic E-state index is 13.0. The second-order valence-electron chi connectivity index (χ2n) is 17.6. The molecule has 11 atom stereocenters. The molecule has 2 saturated heterocycles. The highest BCUT2D eigenvalue weighted by Crippen LogP contribution is 2.26. The third-order valence-electron chi connectivity index (χ3n) is 11.9. The van der Waals surface area contributed by atoms with Crippen LogP contribution in [0.4, 0.5) is 0 Å². The van der Waals surface area contributed by atoms with E-state index in [0.717, 1.165) is 83.5 Å². The summed E-state index contributed by atoms with van der Waals surface area (Å²) in [7, 11) is 0. The van der Waals surface area contributed by atoms with E-state index in [4.69, 9.17) is 28.4 Å². The van der Waals surface area contributed by atoms with Crippen LogP contribution in [0.3, 0.4) is 0 Å². The maximum Gasteiger partial charge on any atom is 0.306 e. The van der Waals surface area contributed by atoms with E-state index in [1.807, 2.05) is 0 Å². The van der Waals surface area contributed by atoms with Crippen molar-refractivity contribution in [1.82, 2.24) is 0 Å². The standard InChI is InChI=1S/C50H88O15/c1-3-5-7-9-11-13-15-17-18-19-20-21-23-25-27-29-31-33-42(53)63-38(35-60-41(52)32-30-28-26-24-22-16-14-12-10-8-6-4-2)36-61-49-48(59)46(57)44(55)40(65-49)37-62-50-47(58)45(56)43(54)39(34-51)64-50/h5,7,11,13,17-18,38-40,43-51,54-59H,3-4,6,8-10,12,14-16,19-37H2,1-2H3/b7-5-,13-11-,18-17-. The second-order valence-corrected chi connectivity index (χ2v) is 17.6. The normalized spacial score (nSPS) is 26.7. The minimum absolute atomic E-state index is 0.155. The van der Waals surface area contributed by atoms with Crippen LogP contribution in [0.1, 0.15) is 174 Å². The van der Waals surface area contributed by atoms with Crippen molar-refractivity contribution >= 4 is 11.9 Å². The lowest BCUT2D eigenvalue weighted by Crippen LogP contribution is -2.61. The molecule has 0 spiro atoms. The summed E-state index contributed by atoms with van der Waals surface area (Å²) < 4.78 is 33.5. The number of ether oxygens (including phenoxy) is 6. The number of allylic oxidation sites excluding steroid dienone is 6. The van der Waals surface area contributed by atoms with E-state index >= 15 is 0 Å². The molecule has 0 radical (unpaired) electrons. The zero-order valence-corrected chi connectivity index (χ0v) is 39.7. The Kier molecular flexibility index (Phi) is 34.1. The molecule has 378 valence electrons. The van der Waals surface area contributed by atoms with Crippen molar-refractivity contribution in [3.05, 3.63) is 36.5 Å². The van der Waals surface area contributed by atoms with Gasteiger partial charge in [0.25, 0.3) is 0 Å². The van der Waals surface area contributed by atoms with Crippen LogP contribution in [-0.4, -0.2) is 142 Å². The first kappa shape index (κ1) is 58.8. The van der Waals surface area contributed by atoms with Crippen LogP contribution < -0.4 is 0 Å². The van der Waals surface area contributed by atoms with Gasteiger partial charge in [0.1, 0.15) is 55.4 Å². The summed E-state index contributed by atoms with van der Waals surface area (Å²) in [4.78, 5) is 25.7. The van der Waals surface area contributed by atoms with Crippen LogP contribution >= 0.6 is 0 Å². The fourth-order valence-electron chi connectivity index (χ4n) is 7.76. The molecule has 11 unspecified atom stereocenters. The summed E-state index contributed by atoms with van der Waals surface area (Å²) in [6.07, 6.45) is 21.7. The molecular formula is C50H88O15. The Morgan fingerprint density at radius 3 is 1.52 bits per heavy atom. The van der Waals surface area contributed by atoms with Gasteiger partial charge in [-0.1, -0.05) is 153 Å². The average Bonchev–Trinajstić information content (AvgIpc) is 3.30. The van der Waals surface area contributed by atoms with E-state index < -0.39 is 92.7 Å². The van der Waals surface area contributed by atoms with Gasteiger partial charge in [-0.3, -0.25) is 9.59 Å². The van der Waals surface area contributed by atoms with Gasteiger partial charge in [0.2, 0.25) is 0 Å². The summed E-state index contributed by atoms with van der Waals surface area (Å²) in [5, 5.41) is 72.0. The molecule has 2 heterocycles. The van der Waals surface area contributed by atoms with Crippen LogP contribution in [0.2, 0.25) is 0 Å². The van der Waals surface area contributed by atoms with Crippen LogP contribution in [0.15, 0.2) is 36.5 Å². The Labute approximate surface area is 389 Å². The second kappa shape index (κ2) is 37.7. The van der Waals surface area contributed by atoms with Crippen LogP contribution in [0.25, 0.3) is 0 Å². The number of hydrogen-bond donors (Lipinski definition) is 7. The highest BCUT2D eigenvalue weighted by atomic mass is 16.7. The Morgan fingerprint density at radius 1 is 0.508 bits per heavy atom. The number of rotatable bonds is 38. The zero-order chi connectivity index (χ0) is 47.5. The molecule has 15 heteroatoms. The van der Waals surface area contributed by atoms with E-state index in [1.165, 1.54) is 51.4 Å². The first-order valence-electron chi connectivity index (χ1n) is 25.1. The van der Waals surface area contributed by atoms with Crippen LogP contribution in [0.5, 0.6) is 0 Å². The molecule has 65 heavy (non-hydrogen) atoms. The number of esters is 2. The number of unbranched alkanes of at least 4 members (excludes halogenated alkanes) is 18. The van der Waals surface area contributed by atoms with Gasteiger partial charge in [-0.25, -0.2) is 0 Å². The Hall–Kier alpha value is -2.28. The number of carbonyl (C=O) groups is 2. The predicted molar refractivity (Wildman–Crippen MR) is 247 cm³/mol. The summed E-state index contributed by atoms with van der Waals surface area (Å²) in [5.74, 6) is -0.934. The van der Waals surface area contributed by atoms with E-state index in [2.05, 4.69) is 50.3 Å². The lowest BCUT2D eigenvalue weighted by atomic mass is 9.98. The Morgan fingerprint density at radius 2 is 0.969 bits per heavy atom. The summed E-state index contributed by atoms with van der Waals surface area (Å²) >= 11 is 0. The van der Waals surface area contributed by atoms with Crippen molar-refractivity contribution in [2.75, 3.05) is 26.4 Å². The fourth-order valence-corrected chi connectivity index (χ4v) is 7.76. The first-order chi connectivity index (χ1) is 31.5. The number of hydrogen-bond acceptors (Lipinski definition) is 15. The molecule has 0 aromatic heterocycles. The molecule has 0 aliphatic carbocycles. The molecule has 2 aliphatic rings. The van der Waals surface area contributed by atoms with Crippen molar-refractivity contribution in [2.24, 2.45) is 0 Å².